The van der Waals surface area contributed by atoms with Crippen molar-refractivity contribution >= 4 is 11.9 Å². The molecule has 0 aliphatic rings. The summed E-state index contributed by atoms with van der Waals surface area (Å²) in [6.45, 7) is 0.334. The van der Waals surface area contributed by atoms with Crippen molar-refractivity contribution in [1.82, 2.24) is 19.9 Å². The Labute approximate surface area is 156 Å². The first-order valence-electron chi connectivity index (χ1n) is 8.27. The molecule has 9 heteroatoms. The third-order valence-electron chi connectivity index (χ3n) is 3.60. The van der Waals surface area contributed by atoms with E-state index in [1.165, 1.54) is 15.8 Å². The van der Waals surface area contributed by atoms with Crippen molar-refractivity contribution in [3.63, 3.8) is 0 Å². The van der Waals surface area contributed by atoms with Crippen LogP contribution in [0.4, 0.5) is 0 Å². The van der Waals surface area contributed by atoms with Crippen LogP contribution in [0, 0.1) is 22.7 Å². The zero-order chi connectivity index (χ0) is 19.5. The van der Waals surface area contributed by atoms with Crippen LogP contribution in [0.3, 0.4) is 0 Å². The number of carbonyl (C=O) groups excluding carboxylic acids is 2. The van der Waals surface area contributed by atoms with Crippen LogP contribution in [-0.2, 0) is 16.1 Å². The van der Waals surface area contributed by atoms with Crippen molar-refractivity contribution in [3.8, 4) is 12.1 Å². The maximum absolute atomic E-state index is 12.1. The van der Waals surface area contributed by atoms with Gasteiger partial charge in [-0.25, -0.2) is 9.48 Å². The van der Waals surface area contributed by atoms with Gasteiger partial charge < -0.3 is 9.64 Å². The van der Waals surface area contributed by atoms with Crippen LogP contribution in [-0.4, -0.2) is 51.5 Å². The van der Waals surface area contributed by atoms with E-state index >= 15 is 0 Å². The summed E-state index contributed by atoms with van der Waals surface area (Å²) in [6, 6.07) is 13.4. The number of hydrogen-bond acceptors (Lipinski definition) is 7. The smallest absolute Gasteiger partial charge is 0.361 e. The Balaban J connectivity index is 1.88. The fourth-order valence-corrected chi connectivity index (χ4v) is 2.26. The first kappa shape index (κ1) is 19.6. The summed E-state index contributed by atoms with van der Waals surface area (Å²) in [5.74, 6) is -1.23. The molecule has 0 bridgehead atoms. The molecule has 1 aromatic heterocycles. The minimum Gasteiger partial charge on any atom is -0.451 e. The lowest BCUT2D eigenvalue weighted by Crippen LogP contribution is -2.36. The second-order valence-electron chi connectivity index (χ2n) is 5.56. The molecule has 0 fully saturated rings. The van der Waals surface area contributed by atoms with Crippen molar-refractivity contribution in [2.24, 2.45) is 0 Å². The lowest BCUT2D eigenvalue weighted by atomic mass is 10.2. The monoisotopic (exact) mass is 366 g/mol. The van der Waals surface area contributed by atoms with E-state index in [1.807, 2.05) is 42.5 Å². The van der Waals surface area contributed by atoms with Crippen molar-refractivity contribution in [2.75, 3.05) is 19.7 Å². The zero-order valence-electron chi connectivity index (χ0n) is 14.6. The lowest BCUT2D eigenvalue weighted by Gasteiger charge is -2.19. The quantitative estimate of drug-likeness (QED) is 0.609. The van der Waals surface area contributed by atoms with Gasteiger partial charge in [-0.15, -0.1) is 5.10 Å². The average molecular weight is 366 g/mol. The molecule has 0 aliphatic heterocycles. The van der Waals surface area contributed by atoms with Gasteiger partial charge in [-0.1, -0.05) is 35.5 Å². The number of benzene rings is 1. The standard InChI is InChI=1S/C18H18N6O3/c19-8-4-10-23(11-5-9-20)17(25)14-27-18(26)16-13-24(22-21-16)12-15-6-2-1-3-7-15/h1-3,6-7,13H,4-5,10-12,14H2. The van der Waals surface area contributed by atoms with Crippen molar-refractivity contribution in [2.45, 2.75) is 19.4 Å². The molecule has 9 nitrogen and oxygen atoms in total. The molecule has 0 atom stereocenters. The maximum Gasteiger partial charge on any atom is 0.361 e. The minimum atomic E-state index is -0.761. The van der Waals surface area contributed by atoms with Gasteiger partial charge in [0.1, 0.15) is 0 Å². The van der Waals surface area contributed by atoms with Gasteiger partial charge in [-0.05, 0) is 5.56 Å². The number of nitrogens with zero attached hydrogens (tertiary/aromatic N) is 6. The van der Waals surface area contributed by atoms with E-state index in [1.54, 1.807) is 0 Å². The molecule has 0 aliphatic carbocycles. The molecule has 0 saturated carbocycles. The molecule has 0 saturated heterocycles. The summed E-state index contributed by atoms with van der Waals surface area (Å²) in [5.41, 5.74) is 1.00. The Morgan fingerprint density at radius 3 is 2.41 bits per heavy atom. The first-order valence-corrected chi connectivity index (χ1v) is 8.27. The predicted octanol–water partition coefficient (Wildman–Crippen LogP) is 1.14. The summed E-state index contributed by atoms with van der Waals surface area (Å²) in [7, 11) is 0. The molecule has 0 spiro atoms. The van der Waals surface area contributed by atoms with Crippen molar-refractivity contribution in [1.29, 1.82) is 10.5 Å². The molecule has 2 rings (SSSR count). The fourth-order valence-electron chi connectivity index (χ4n) is 2.26. The van der Waals surface area contributed by atoms with Crippen molar-refractivity contribution < 1.29 is 14.3 Å². The number of ether oxygens (including phenoxy) is 1. The van der Waals surface area contributed by atoms with Gasteiger partial charge in [-0.2, -0.15) is 10.5 Å². The highest BCUT2D eigenvalue weighted by molar-refractivity contribution is 5.89. The second-order valence-corrected chi connectivity index (χ2v) is 5.56. The van der Waals surface area contributed by atoms with E-state index in [9.17, 15) is 9.59 Å². The van der Waals surface area contributed by atoms with Gasteiger partial charge in [-0.3, -0.25) is 4.79 Å². The van der Waals surface area contributed by atoms with Crippen molar-refractivity contribution in [3.05, 3.63) is 47.8 Å². The highest BCUT2D eigenvalue weighted by Gasteiger charge is 2.18. The molecule has 0 N–H and O–H groups in total. The first-order chi connectivity index (χ1) is 13.1. The minimum absolute atomic E-state index is 0.000620. The summed E-state index contributed by atoms with van der Waals surface area (Å²) in [5, 5.41) is 24.9. The Morgan fingerprint density at radius 2 is 1.78 bits per heavy atom. The zero-order valence-corrected chi connectivity index (χ0v) is 14.6. The maximum atomic E-state index is 12.1. The predicted molar refractivity (Wildman–Crippen MR) is 92.9 cm³/mol. The summed E-state index contributed by atoms with van der Waals surface area (Å²) >= 11 is 0. The highest BCUT2D eigenvalue weighted by atomic mass is 16.5. The fraction of sp³-hybridized carbons (Fsp3) is 0.333. The van der Waals surface area contributed by atoms with Gasteiger partial charge in [0.15, 0.2) is 12.3 Å². The van der Waals surface area contributed by atoms with Gasteiger partial charge in [0, 0.05) is 13.1 Å². The number of rotatable bonds is 9. The van der Waals surface area contributed by atoms with E-state index in [2.05, 4.69) is 10.3 Å². The molecular formula is C18H18N6O3. The Hall–Kier alpha value is -3.72. The third-order valence-corrected chi connectivity index (χ3v) is 3.60. The highest BCUT2D eigenvalue weighted by Crippen LogP contribution is 2.04. The largest absolute Gasteiger partial charge is 0.451 e. The molecule has 0 radical (unpaired) electrons. The van der Waals surface area contributed by atoms with Gasteiger partial charge in [0.25, 0.3) is 5.91 Å². The lowest BCUT2D eigenvalue weighted by molar-refractivity contribution is -0.134. The third kappa shape index (κ3) is 6.25. The number of nitriles is 2. The van der Waals surface area contributed by atoms with E-state index in [4.69, 9.17) is 15.3 Å². The van der Waals surface area contributed by atoms with E-state index in [0.29, 0.717) is 6.54 Å². The molecule has 0 unspecified atom stereocenters. The van der Waals surface area contributed by atoms with E-state index < -0.39 is 18.5 Å². The Morgan fingerprint density at radius 1 is 1.11 bits per heavy atom. The van der Waals surface area contributed by atoms with Crippen LogP contribution in [0.1, 0.15) is 28.9 Å². The number of hydrogen-bond donors (Lipinski definition) is 0. The van der Waals surface area contributed by atoms with E-state index in [0.717, 1.165) is 5.56 Å². The molecule has 1 amide bonds. The molecule has 138 valence electrons. The van der Waals surface area contributed by atoms with Crippen LogP contribution in [0.5, 0.6) is 0 Å². The number of amides is 1. The van der Waals surface area contributed by atoms with E-state index in [-0.39, 0.29) is 31.6 Å². The van der Waals surface area contributed by atoms with Crippen LogP contribution in [0.25, 0.3) is 0 Å². The molecular weight excluding hydrogens is 348 g/mol. The number of carbonyl (C=O) groups is 2. The van der Waals surface area contributed by atoms with Crippen LogP contribution in [0.2, 0.25) is 0 Å². The number of esters is 1. The van der Waals surface area contributed by atoms with Gasteiger partial charge >= 0.3 is 5.97 Å². The normalized spacial score (nSPS) is 9.85. The van der Waals surface area contributed by atoms with Crippen LogP contribution in [0.15, 0.2) is 36.5 Å². The summed E-state index contributed by atoms with van der Waals surface area (Å²) < 4.78 is 6.48. The molecule has 1 heterocycles. The Kier molecular flexibility index (Phi) is 7.49. The molecule has 1 aromatic carbocycles. The second kappa shape index (κ2) is 10.3. The topological polar surface area (TPSA) is 125 Å². The summed E-state index contributed by atoms with van der Waals surface area (Å²) in [6.07, 6.45) is 1.72. The Bertz CT molecular complexity index is 832. The molecule has 27 heavy (non-hydrogen) atoms. The van der Waals surface area contributed by atoms with Crippen LogP contribution >= 0.6 is 0 Å². The summed E-state index contributed by atoms with van der Waals surface area (Å²) in [4.78, 5) is 25.5. The number of aromatic nitrogens is 3. The van der Waals surface area contributed by atoms with Crippen LogP contribution < -0.4 is 0 Å². The van der Waals surface area contributed by atoms with Gasteiger partial charge in [0.2, 0.25) is 0 Å². The van der Waals surface area contributed by atoms with Gasteiger partial charge in [0.05, 0.1) is 37.7 Å². The average Bonchev–Trinajstić information content (AvgIpc) is 3.15. The molecule has 2 aromatic rings. The SMILES string of the molecule is N#CCCN(CCC#N)C(=O)COC(=O)c1cn(Cc2ccccc2)nn1.